The Labute approximate surface area is 115 Å². The Morgan fingerprint density at radius 2 is 2.20 bits per heavy atom. The van der Waals surface area contributed by atoms with E-state index in [-0.39, 0.29) is 23.8 Å². The Bertz CT molecular complexity index is 753. The van der Waals surface area contributed by atoms with Crippen LogP contribution >= 0.6 is 0 Å². The molecule has 2 heterocycles. The first-order valence-electron chi connectivity index (χ1n) is 5.94. The van der Waals surface area contributed by atoms with Gasteiger partial charge in [0.1, 0.15) is 0 Å². The molecule has 3 rings (SSSR count). The summed E-state index contributed by atoms with van der Waals surface area (Å²) in [5.41, 5.74) is 2.04. The van der Waals surface area contributed by atoms with Crippen LogP contribution in [0.25, 0.3) is 0 Å². The van der Waals surface area contributed by atoms with Crippen molar-refractivity contribution in [3.8, 4) is 0 Å². The number of rotatable bonds is 4. The summed E-state index contributed by atoms with van der Waals surface area (Å²) in [6, 6.07) is 4.59. The average molecular weight is 292 g/mol. The molecule has 0 radical (unpaired) electrons. The van der Waals surface area contributed by atoms with Gasteiger partial charge in [-0.2, -0.15) is 0 Å². The zero-order chi connectivity index (χ0) is 14.2. The van der Waals surface area contributed by atoms with E-state index in [1.165, 1.54) is 18.5 Å². The third-order valence-corrected chi connectivity index (χ3v) is 4.42. The van der Waals surface area contributed by atoms with Crippen LogP contribution in [0.3, 0.4) is 0 Å². The molecule has 0 fully saturated rings. The van der Waals surface area contributed by atoms with Gasteiger partial charge in [-0.25, -0.2) is 18.1 Å². The predicted molar refractivity (Wildman–Crippen MR) is 71.4 cm³/mol. The van der Waals surface area contributed by atoms with Crippen molar-refractivity contribution in [2.75, 3.05) is 5.32 Å². The highest BCUT2D eigenvalue weighted by Gasteiger charge is 2.21. The molecule has 0 spiro atoms. The lowest BCUT2D eigenvalue weighted by Gasteiger charge is -2.07. The fourth-order valence-electron chi connectivity index (χ4n) is 2.01. The molecule has 0 atom stereocenters. The number of imidazole rings is 1. The molecule has 0 saturated carbocycles. The number of carbonyl (C=O) groups excluding carboxylic acids is 1. The van der Waals surface area contributed by atoms with Crippen LogP contribution in [0.4, 0.5) is 5.69 Å². The molecule has 1 aliphatic heterocycles. The molecule has 20 heavy (non-hydrogen) atoms. The van der Waals surface area contributed by atoms with E-state index in [0.29, 0.717) is 16.9 Å². The van der Waals surface area contributed by atoms with Gasteiger partial charge in [0.25, 0.3) is 0 Å². The number of fused-ring (bicyclic) bond motifs is 1. The van der Waals surface area contributed by atoms with Crippen molar-refractivity contribution in [2.24, 2.45) is 0 Å². The van der Waals surface area contributed by atoms with Crippen molar-refractivity contribution in [3.05, 3.63) is 42.0 Å². The van der Waals surface area contributed by atoms with Crippen molar-refractivity contribution in [1.82, 2.24) is 14.7 Å². The van der Waals surface area contributed by atoms with E-state index in [2.05, 4.69) is 20.0 Å². The average Bonchev–Trinajstić information content (AvgIpc) is 3.03. The van der Waals surface area contributed by atoms with E-state index < -0.39 is 10.0 Å². The van der Waals surface area contributed by atoms with E-state index >= 15 is 0 Å². The Balaban J connectivity index is 1.81. The summed E-state index contributed by atoms with van der Waals surface area (Å²) < 4.78 is 26.8. The quantitative estimate of drug-likeness (QED) is 0.758. The number of hydrogen-bond donors (Lipinski definition) is 3. The summed E-state index contributed by atoms with van der Waals surface area (Å²) in [6.07, 6.45) is 3.24. The SMILES string of the molecule is O=C1Cc2cc(S(=O)(=O)NCc3cnc[nH]3)ccc2N1. The minimum atomic E-state index is -3.61. The molecule has 8 heteroatoms. The van der Waals surface area contributed by atoms with E-state index in [4.69, 9.17) is 0 Å². The number of benzene rings is 1. The highest BCUT2D eigenvalue weighted by Crippen LogP contribution is 2.25. The lowest BCUT2D eigenvalue weighted by atomic mass is 10.2. The number of sulfonamides is 1. The monoisotopic (exact) mass is 292 g/mol. The number of amides is 1. The fraction of sp³-hybridized carbons (Fsp3) is 0.167. The standard InChI is InChI=1S/C12H12N4O3S/c17-12-4-8-3-10(1-2-11(8)16-12)20(18,19)15-6-9-5-13-7-14-9/h1-3,5,7,15H,4,6H2,(H,13,14)(H,16,17). The van der Waals surface area contributed by atoms with E-state index in [9.17, 15) is 13.2 Å². The van der Waals surface area contributed by atoms with Crippen LogP contribution in [0.15, 0.2) is 35.6 Å². The van der Waals surface area contributed by atoms with Gasteiger partial charge in [0, 0.05) is 17.6 Å². The predicted octanol–water partition coefficient (Wildman–Crippen LogP) is 0.383. The number of hydrogen-bond acceptors (Lipinski definition) is 4. The minimum Gasteiger partial charge on any atom is -0.347 e. The van der Waals surface area contributed by atoms with Crippen molar-refractivity contribution in [2.45, 2.75) is 17.9 Å². The molecule has 1 aromatic carbocycles. The van der Waals surface area contributed by atoms with E-state index in [1.807, 2.05) is 0 Å². The summed E-state index contributed by atoms with van der Waals surface area (Å²) in [6.45, 7) is 0.136. The molecule has 1 aliphatic rings. The van der Waals surface area contributed by atoms with Crippen LogP contribution in [-0.2, 0) is 27.8 Å². The molecule has 1 amide bonds. The number of anilines is 1. The first kappa shape index (κ1) is 12.8. The normalized spacial score (nSPS) is 14.1. The molecule has 7 nitrogen and oxygen atoms in total. The van der Waals surface area contributed by atoms with Crippen LogP contribution in [0.1, 0.15) is 11.3 Å². The Hall–Kier alpha value is -2.19. The van der Waals surface area contributed by atoms with Gasteiger partial charge < -0.3 is 10.3 Å². The van der Waals surface area contributed by atoms with Crippen molar-refractivity contribution in [1.29, 1.82) is 0 Å². The fourth-order valence-corrected chi connectivity index (χ4v) is 3.07. The highest BCUT2D eigenvalue weighted by atomic mass is 32.2. The molecular formula is C12H12N4O3S. The third-order valence-electron chi connectivity index (χ3n) is 3.02. The van der Waals surface area contributed by atoms with Crippen molar-refractivity contribution < 1.29 is 13.2 Å². The van der Waals surface area contributed by atoms with Crippen LogP contribution in [0.5, 0.6) is 0 Å². The molecule has 2 aromatic rings. The van der Waals surface area contributed by atoms with E-state index in [1.54, 1.807) is 12.3 Å². The Morgan fingerprint density at radius 3 is 2.95 bits per heavy atom. The van der Waals surface area contributed by atoms with E-state index in [0.717, 1.165) is 0 Å². The first-order valence-corrected chi connectivity index (χ1v) is 7.42. The van der Waals surface area contributed by atoms with Crippen molar-refractivity contribution in [3.63, 3.8) is 0 Å². The van der Waals surface area contributed by atoms with Gasteiger partial charge in [-0.3, -0.25) is 4.79 Å². The largest absolute Gasteiger partial charge is 0.347 e. The molecule has 0 unspecified atom stereocenters. The van der Waals surface area contributed by atoms with Crippen LogP contribution in [0, 0.1) is 0 Å². The zero-order valence-corrected chi connectivity index (χ0v) is 11.2. The molecule has 104 valence electrons. The first-order chi connectivity index (χ1) is 9.54. The number of aromatic nitrogens is 2. The summed E-state index contributed by atoms with van der Waals surface area (Å²) in [5.74, 6) is -0.125. The second-order valence-electron chi connectivity index (χ2n) is 4.45. The molecule has 0 aliphatic carbocycles. The maximum absolute atomic E-state index is 12.2. The zero-order valence-electron chi connectivity index (χ0n) is 10.4. The summed E-state index contributed by atoms with van der Waals surface area (Å²) in [5, 5.41) is 2.66. The number of carbonyl (C=O) groups is 1. The van der Waals surface area contributed by atoms with Gasteiger partial charge in [-0.1, -0.05) is 0 Å². The van der Waals surface area contributed by atoms with Crippen LogP contribution in [0.2, 0.25) is 0 Å². The second-order valence-corrected chi connectivity index (χ2v) is 6.21. The lowest BCUT2D eigenvalue weighted by molar-refractivity contribution is -0.115. The van der Waals surface area contributed by atoms with Gasteiger partial charge in [-0.15, -0.1) is 0 Å². The molecule has 0 bridgehead atoms. The van der Waals surface area contributed by atoms with Crippen LogP contribution < -0.4 is 10.0 Å². The van der Waals surface area contributed by atoms with Gasteiger partial charge in [-0.05, 0) is 23.8 Å². The molecular weight excluding hydrogens is 280 g/mol. The summed E-state index contributed by atoms with van der Waals surface area (Å²) in [7, 11) is -3.61. The Kier molecular flexibility index (Phi) is 3.03. The van der Waals surface area contributed by atoms with Gasteiger partial charge in [0.2, 0.25) is 15.9 Å². The summed E-state index contributed by atoms with van der Waals surface area (Å²) in [4.78, 5) is 18.0. The highest BCUT2D eigenvalue weighted by molar-refractivity contribution is 7.89. The van der Waals surface area contributed by atoms with Gasteiger partial charge in [0.05, 0.1) is 24.2 Å². The lowest BCUT2D eigenvalue weighted by Crippen LogP contribution is -2.23. The topological polar surface area (TPSA) is 104 Å². The molecule has 1 aromatic heterocycles. The molecule has 3 N–H and O–H groups in total. The minimum absolute atomic E-state index is 0.125. The van der Waals surface area contributed by atoms with Crippen LogP contribution in [-0.4, -0.2) is 24.3 Å². The third kappa shape index (κ3) is 2.43. The number of nitrogens with zero attached hydrogens (tertiary/aromatic N) is 1. The number of nitrogens with one attached hydrogen (secondary N) is 3. The van der Waals surface area contributed by atoms with Gasteiger partial charge in [0.15, 0.2) is 0 Å². The molecule has 0 saturated heterocycles. The smallest absolute Gasteiger partial charge is 0.240 e. The maximum atomic E-state index is 12.2. The summed E-state index contributed by atoms with van der Waals surface area (Å²) >= 11 is 0. The van der Waals surface area contributed by atoms with Crippen molar-refractivity contribution >= 4 is 21.6 Å². The second kappa shape index (κ2) is 4.73. The Morgan fingerprint density at radius 1 is 1.35 bits per heavy atom. The number of H-pyrrole nitrogens is 1. The number of aromatic amines is 1. The van der Waals surface area contributed by atoms with Gasteiger partial charge >= 0.3 is 0 Å². The maximum Gasteiger partial charge on any atom is 0.240 e.